The number of benzene rings is 1. The van der Waals surface area contributed by atoms with Gasteiger partial charge in [-0.3, -0.25) is 4.79 Å². The van der Waals surface area contributed by atoms with E-state index >= 15 is 0 Å². The molecule has 1 N–H and O–H groups in total. The Labute approximate surface area is 124 Å². The molecule has 0 saturated carbocycles. The van der Waals surface area contributed by atoms with Crippen LogP contribution in [0.2, 0.25) is 0 Å². The number of halogens is 2. The molecule has 0 aliphatic carbocycles. The van der Waals surface area contributed by atoms with Gasteiger partial charge in [-0.2, -0.15) is 0 Å². The highest BCUT2D eigenvalue weighted by atomic mass is 79.9. The van der Waals surface area contributed by atoms with Crippen molar-refractivity contribution < 1.29 is 9.53 Å². The van der Waals surface area contributed by atoms with Gasteiger partial charge in [0.1, 0.15) is 18.3 Å². The highest BCUT2D eigenvalue weighted by Crippen LogP contribution is 2.33. The van der Waals surface area contributed by atoms with Crippen LogP contribution in [0.1, 0.15) is 18.4 Å². The standard InChI is InChI=1S/C13H15Br2NO2/c1-13(7-14,8-15)16-12(17)10-6-18-11-5-3-2-4-9(10)11/h2-5,10H,6-8H2,1H3,(H,16,17). The molecule has 1 heterocycles. The molecule has 18 heavy (non-hydrogen) atoms. The van der Waals surface area contributed by atoms with E-state index in [9.17, 15) is 4.79 Å². The summed E-state index contributed by atoms with van der Waals surface area (Å²) in [6, 6.07) is 7.70. The van der Waals surface area contributed by atoms with Crippen LogP contribution >= 0.6 is 31.9 Å². The van der Waals surface area contributed by atoms with Crippen molar-refractivity contribution in [2.45, 2.75) is 18.4 Å². The van der Waals surface area contributed by atoms with E-state index in [0.717, 1.165) is 11.3 Å². The van der Waals surface area contributed by atoms with E-state index in [4.69, 9.17) is 4.74 Å². The van der Waals surface area contributed by atoms with Gasteiger partial charge in [0.05, 0.1) is 5.54 Å². The molecule has 3 nitrogen and oxygen atoms in total. The van der Waals surface area contributed by atoms with Crippen LogP contribution in [0.5, 0.6) is 5.75 Å². The summed E-state index contributed by atoms with van der Waals surface area (Å²) in [4.78, 5) is 12.3. The minimum atomic E-state index is -0.283. The van der Waals surface area contributed by atoms with Crippen molar-refractivity contribution in [2.75, 3.05) is 17.3 Å². The zero-order chi connectivity index (χ0) is 13.2. The maximum atomic E-state index is 12.3. The first-order chi connectivity index (χ1) is 8.59. The van der Waals surface area contributed by atoms with E-state index < -0.39 is 0 Å². The van der Waals surface area contributed by atoms with Crippen LogP contribution in [0.25, 0.3) is 0 Å². The van der Waals surface area contributed by atoms with Crippen molar-refractivity contribution >= 4 is 37.8 Å². The molecule has 0 saturated heterocycles. The van der Waals surface area contributed by atoms with Crippen molar-refractivity contribution in [1.29, 1.82) is 0 Å². The molecule has 1 aliphatic heterocycles. The molecule has 0 aromatic heterocycles. The normalized spacial score (nSPS) is 18.1. The molecule has 0 bridgehead atoms. The summed E-state index contributed by atoms with van der Waals surface area (Å²) in [5.74, 6) is 0.622. The summed E-state index contributed by atoms with van der Waals surface area (Å²) < 4.78 is 5.53. The number of hydrogen-bond acceptors (Lipinski definition) is 2. The van der Waals surface area contributed by atoms with Crippen LogP contribution in [0.3, 0.4) is 0 Å². The zero-order valence-electron chi connectivity index (χ0n) is 10.1. The van der Waals surface area contributed by atoms with Gasteiger partial charge >= 0.3 is 0 Å². The van der Waals surface area contributed by atoms with Gasteiger partial charge in [-0.1, -0.05) is 50.1 Å². The minimum absolute atomic E-state index is 0.0151. The van der Waals surface area contributed by atoms with Crippen LogP contribution in [0.15, 0.2) is 24.3 Å². The van der Waals surface area contributed by atoms with Crippen molar-refractivity contribution in [3.05, 3.63) is 29.8 Å². The van der Waals surface area contributed by atoms with Crippen LogP contribution < -0.4 is 10.1 Å². The van der Waals surface area contributed by atoms with Crippen molar-refractivity contribution in [1.82, 2.24) is 5.32 Å². The number of hydrogen-bond donors (Lipinski definition) is 1. The van der Waals surface area contributed by atoms with E-state index in [2.05, 4.69) is 37.2 Å². The molecular weight excluding hydrogens is 362 g/mol. The third-order valence-corrected chi connectivity index (χ3v) is 5.51. The Bertz CT molecular complexity index is 446. The average Bonchev–Trinajstić information content (AvgIpc) is 2.82. The van der Waals surface area contributed by atoms with Crippen molar-refractivity contribution in [2.24, 2.45) is 0 Å². The number of para-hydroxylation sites is 1. The Balaban J connectivity index is 2.12. The van der Waals surface area contributed by atoms with Gasteiger partial charge in [-0.25, -0.2) is 0 Å². The third kappa shape index (κ3) is 2.72. The lowest BCUT2D eigenvalue weighted by Gasteiger charge is -2.27. The summed E-state index contributed by atoms with van der Waals surface area (Å²) >= 11 is 6.85. The second-order valence-electron chi connectivity index (χ2n) is 4.72. The van der Waals surface area contributed by atoms with Gasteiger partial charge in [-0.05, 0) is 13.0 Å². The molecule has 1 aromatic carbocycles. The lowest BCUT2D eigenvalue weighted by molar-refractivity contribution is -0.124. The minimum Gasteiger partial charge on any atom is -0.492 e. The zero-order valence-corrected chi connectivity index (χ0v) is 13.3. The topological polar surface area (TPSA) is 38.3 Å². The first kappa shape index (κ1) is 13.9. The van der Waals surface area contributed by atoms with Crippen molar-refractivity contribution in [3.8, 4) is 5.75 Å². The quantitative estimate of drug-likeness (QED) is 0.820. The number of rotatable bonds is 4. The summed E-state index contributed by atoms with van der Waals surface area (Å²) in [6.07, 6.45) is 0. The van der Waals surface area contributed by atoms with Crippen molar-refractivity contribution in [3.63, 3.8) is 0 Å². The summed E-state index contributed by atoms with van der Waals surface area (Å²) in [7, 11) is 0. The smallest absolute Gasteiger partial charge is 0.231 e. The van der Waals surface area contributed by atoms with E-state index in [1.165, 1.54) is 0 Å². The Kier molecular flexibility index (Phi) is 4.33. The van der Waals surface area contributed by atoms with Gasteiger partial charge in [0.2, 0.25) is 5.91 Å². The number of alkyl halides is 2. The number of carbonyl (C=O) groups excluding carboxylic acids is 1. The lowest BCUT2D eigenvalue weighted by Crippen LogP contribution is -2.50. The van der Waals surface area contributed by atoms with Gasteiger partial charge in [0.25, 0.3) is 0 Å². The van der Waals surface area contributed by atoms with Gasteiger partial charge in [0.15, 0.2) is 0 Å². The number of nitrogens with one attached hydrogen (secondary N) is 1. The first-order valence-electron chi connectivity index (χ1n) is 5.75. The SMILES string of the molecule is CC(CBr)(CBr)NC(=O)C1COc2ccccc21. The molecule has 0 radical (unpaired) electrons. The molecule has 1 atom stereocenters. The fourth-order valence-corrected chi connectivity index (χ4v) is 3.08. The summed E-state index contributed by atoms with van der Waals surface area (Å²) in [5, 5.41) is 4.46. The maximum Gasteiger partial charge on any atom is 0.231 e. The number of fused-ring (bicyclic) bond motifs is 1. The second kappa shape index (κ2) is 5.61. The van der Waals surface area contributed by atoms with E-state index in [0.29, 0.717) is 17.3 Å². The third-order valence-electron chi connectivity index (χ3n) is 3.03. The molecule has 1 amide bonds. The lowest BCUT2D eigenvalue weighted by atomic mass is 9.98. The molecular formula is C13H15Br2NO2. The maximum absolute atomic E-state index is 12.3. The summed E-state index contributed by atoms with van der Waals surface area (Å²) in [5.41, 5.74) is 0.690. The van der Waals surface area contributed by atoms with Crippen LogP contribution in [-0.4, -0.2) is 28.7 Å². The fraction of sp³-hybridized carbons (Fsp3) is 0.462. The van der Waals surface area contributed by atoms with Crippen LogP contribution in [-0.2, 0) is 4.79 Å². The first-order valence-corrected chi connectivity index (χ1v) is 7.99. The van der Waals surface area contributed by atoms with E-state index in [1.807, 2.05) is 31.2 Å². The van der Waals surface area contributed by atoms with Gasteiger partial charge < -0.3 is 10.1 Å². The number of ether oxygens (including phenoxy) is 1. The van der Waals surface area contributed by atoms with E-state index in [1.54, 1.807) is 0 Å². The van der Waals surface area contributed by atoms with Crippen LogP contribution in [0, 0.1) is 0 Å². The largest absolute Gasteiger partial charge is 0.492 e. The van der Waals surface area contributed by atoms with Gasteiger partial charge in [-0.15, -0.1) is 0 Å². The van der Waals surface area contributed by atoms with Gasteiger partial charge in [0, 0.05) is 16.2 Å². The second-order valence-corrected chi connectivity index (χ2v) is 5.84. The molecule has 2 rings (SSSR count). The van der Waals surface area contributed by atoms with E-state index in [-0.39, 0.29) is 17.4 Å². The molecule has 1 aliphatic rings. The predicted octanol–water partition coefficient (Wildman–Crippen LogP) is 2.83. The molecule has 1 aromatic rings. The Morgan fingerprint density at radius 3 is 2.78 bits per heavy atom. The molecule has 5 heteroatoms. The highest BCUT2D eigenvalue weighted by Gasteiger charge is 2.33. The monoisotopic (exact) mass is 375 g/mol. The summed E-state index contributed by atoms with van der Waals surface area (Å²) in [6.45, 7) is 2.42. The highest BCUT2D eigenvalue weighted by molar-refractivity contribution is 9.09. The number of carbonyl (C=O) groups is 1. The molecule has 0 spiro atoms. The van der Waals surface area contributed by atoms with Crippen LogP contribution in [0.4, 0.5) is 0 Å². The number of amides is 1. The predicted molar refractivity (Wildman–Crippen MR) is 78.8 cm³/mol. The molecule has 1 unspecified atom stereocenters. The molecule has 98 valence electrons. The molecule has 0 fully saturated rings. The Hall–Kier alpha value is -0.550. The average molecular weight is 377 g/mol. The fourth-order valence-electron chi connectivity index (χ4n) is 1.87. The Morgan fingerprint density at radius 1 is 1.44 bits per heavy atom. The Morgan fingerprint density at radius 2 is 2.11 bits per heavy atom.